The molecule has 0 aliphatic heterocycles. The van der Waals surface area contributed by atoms with Gasteiger partial charge in [0.15, 0.2) is 0 Å². The van der Waals surface area contributed by atoms with Crippen molar-refractivity contribution >= 4 is 27.5 Å². The Kier molecular flexibility index (Phi) is 4.72. The Morgan fingerprint density at radius 1 is 1.44 bits per heavy atom. The number of primary sulfonamides is 1. The zero-order valence-electron chi connectivity index (χ0n) is 10.2. The van der Waals surface area contributed by atoms with Gasteiger partial charge in [0.05, 0.1) is 15.5 Å². The van der Waals surface area contributed by atoms with Crippen LogP contribution in [0.2, 0.25) is 5.02 Å². The minimum Gasteiger partial charge on any atom is -0.342 e. The number of nitrogens with two attached hydrogens (primary N) is 1. The van der Waals surface area contributed by atoms with Gasteiger partial charge in [-0.25, -0.2) is 13.6 Å². The van der Waals surface area contributed by atoms with Crippen LogP contribution in [0.5, 0.6) is 0 Å². The number of benzene rings is 1. The summed E-state index contributed by atoms with van der Waals surface area (Å²) in [5.74, 6) is -0.327. The average molecular weight is 291 g/mol. The van der Waals surface area contributed by atoms with Crippen LogP contribution in [0.1, 0.15) is 23.7 Å². The standard InChI is InChI=1S/C11H15ClN2O3S/c1-3-6-14(2)11(15)9-7-8(18(13,16)17)4-5-10(9)12/h4-5,7H,3,6H2,1-2H3,(H2,13,16,17). The zero-order valence-corrected chi connectivity index (χ0v) is 11.8. The Morgan fingerprint density at radius 3 is 2.56 bits per heavy atom. The van der Waals surface area contributed by atoms with Gasteiger partial charge in [0.25, 0.3) is 5.91 Å². The molecule has 18 heavy (non-hydrogen) atoms. The van der Waals surface area contributed by atoms with Crippen molar-refractivity contribution < 1.29 is 13.2 Å². The smallest absolute Gasteiger partial charge is 0.255 e. The van der Waals surface area contributed by atoms with Gasteiger partial charge in [-0.15, -0.1) is 0 Å². The second kappa shape index (κ2) is 5.69. The maximum Gasteiger partial charge on any atom is 0.255 e. The number of nitrogens with zero attached hydrogens (tertiary/aromatic N) is 1. The molecule has 0 fully saturated rings. The Labute approximate surface area is 112 Å². The molecule has 100 valence electrons. The molecule has 0 bridgehead atoms. The molecule has 0 aromatic heterocycles. The molecule has 1 aromatic rings. The van der Waals surface area contributed by atoms with Crippen LogP contribution in [-0.2, 0) is 10.0 Å². The minimum absolute atomic E-state index is 0.125. The molecule has 0 saturated carbocycles. The van der Waals surface area contributed by atoms with Crippen molar-refractivity contribution in [2.45, 2.75) is 18.2 Å². The summed E-state index contributed by atoms with van der Waals surface area (Å²) in [4.78, 5) is 13.4. The van der Waals surface area contributed by atoms with Crippen molar-refractivity contribution in [1.82, 2.24) is 4.90 Å². The van der Waals surface area contributed by atoms with Crippen molar-refractivity contribution in [2.75, 3.05) is 13.6 Å². The van der Waals surface area contributed by atoms with Gasteiger partial charge in [-0.05, 0) is 24.6 Å². The van der Waals surface area contributed by atoms with Gasteiger partial charge in [-0.1, -0.05) is 18.5 Å². The van der Waals surface area contributed by atoms with Crippen molar-refractivity contribution in [3.8, 4) is 0 Å². The number of hydrogen-bond donors (Lipinski definition) is 1. The van der Waals surface area contributed by atoms with E-state index in [1.54, 1.807) is 7.05 Å². The number of sulfonamides is 1. The van der Waals surface area contributed by atoms with Crippen molar-refractivity contribution in [2.24, 2.45) is 5.14 Å². The molecular weight excluding hydrogens is 276 g/mol. The molecule has 0 atom stereocenters. The molecule has 2 N–H and O–H groups in total. The Bertz CT molecular complexity index is 557. The third-order valence-electron chi connectivity index (χ3n) is 2.40. The third kappa shape index (κ3) is 3.44. The lowest BCUT2D eigenvalue weighted by atomic mass is 10.2. The van der Waals surface area contributed by atoms with Gasteiger partial charge >= 0.3 is 0 Å². The topological polar surface area (TPSA) is 80.5 Å². The molecule has 0 radical (unpaired) electrons. The van der Waals surface area contributed by atoms with E-state index in [1.807, 2.05) is 6.92 Å². The predicted octanol–water partition coefficient (Wildman–Crippen LogP) is 1.47. The molecule has 0 saturated heterocycles. The summed E-state index contributed by atoms with van der Waals surface area (Å²) in [5.41, 5.74) is 0.138. The summed E-state index contributed by atoms with van der Waals surface area (Å²) >= 11 is 5.90. The van der Waals surface area contributed by atoms with E-state index < -0.39 is 10.0 Å². The van der Waals surface area contributed by atoms with Gasteiger partial charge in [0, 0.05) is 13.6 Å². The van der Waals surface area contributed by atoms with Gasteiger partial charge in [0.2, 0.25) is 10.0 Å². The number of hydrogen-bond acceptors (Lipinski definition) is 3. The molecule has 1 amide bonds. The molecular formula is C11H15ClN2O3S. The van der Waals surface area contributed by atoms with E-state index in [0.717, 1.165) is 6.42 Å². The fourth-order valence-electron chi connectivity index (χ4n) is 1.49. The highest BCUT2D eigenvalue weighted by Crippen LogP contribution is 2.21. The predicted molar refractivity (Wildman–Crippen MR) is 70.1 cm³/mol. The quantitative estimate of drug-likeness (QED) is 0.912. The second-order valence-corrected chi connectivity index (χ2v) is 5.88. The minimum atomic E-state index is -3.84. The number of carbonyl (C=O) groups is 1. The summed E-state index contributed by atoms with van der Waals surface area (Å²) in [5, 5.41) is 5.22. The molecule has 0 aliphatic carbocycles. The number of amides is 1. The van der Waals surface area contributed by atoms with Gasteiger partial charge in [-0.2, -0.15) is 0 Å². The Balaban J connectivity index is 3.20. The summed E-state index contributed by atoms with van der Waals surface area (Å²) in [6.45, 7) is 2.50. The highest BCUT2D eigenvalue weighted by Gasteiger charge is 2.18. The van der Waals surface area contributed by atoms with E-state index in [1.165, 1.54) is 23.1 Å². The van der Waals surface area contributed by atoms with E-state index in [9.17, 15) is 13.2 Å². The van der Waals surface area contributed by atoms with E-state index in [4.69, 9.17) is 16.7 Å². The average Bonchev–Trinajstić information content (AvgIpc) is 2.27. The number of halogens is 1. The second-order valence-electron chi connectivity index (χ2n) is 3.91. The van der Waals surface area contributed by atoms with Gasteiger partial charge in [0.1, 0.15) is 0 Å². The zero-order chi connectivity index (χ0) is 13.9. The van der Waals surface area contributed by atoms with Crippen LogP contribution < -0.4 is 5.14 Å². The van der Waals surface area contributed by atoms with Gasteiger partial charge < -0.3 is 4.90 Å². The summed E-state index contributed by atoms with van der Waals surface area (Å²) < 4.78 is 22.4. The van der Waals surface area contributed by atoms with E-state index >= 15 is 0 Å². The van der Waals surface area contributed by atoms with Gasteiger partial charge in [-0.3, -0.25) is 4.79 Å². The maximum atomic E-state index is 12.0. The first-order valence-electron chi connectivity index (χ1n) is 5.35. The Morgan fingerprint density at radius 2 is 2.06 bits per heavy atom. The van der Waals surface area contributed by atoms with Crippen LogP contribution in [0.3, 0.4) is 0 Å². The first-order chi connectivity index (χ1) is 8.27. The largest absolute Gasteiger partial charge is 0.342 e. The van der Waals surface area contributed by atoms with E-state index in [-0.39, 0.29) is 21.4 Å². The van der Waals surface area contributed by atoms with E-state index in [2.05, 4.69) is 0 Å². The molecule has 0 unspecified atom stereocenters. The third-order valence-corrected chi connectivity index (χ3v) is 3.64. The molecule has 1 aromatic carbocycles. The number of carbonyl (C=O) groups excluding carboxylic acids is 1. The molecule has 0 aliphatic rings. The molecule has 5 nitrogen and oxygen atoms in total. The van der Waals surface area contributed by atoms with Crippen molar-refractivity contribution in [1.29, 1.82) is 0 Å². The molecule has 1 rings (SSSR count). The Hall–Kier alpha value is -1.11. The first kappa shape index (κ1) is 14.9. The summed E-state index contributed by atoms with van der Waals surface area (Å²) in [6.07, 6.45) is 0.800. The highest BCUT2D eigenvalue weighted by molar-refractivity contribution is 7.89. The lowest BCUT2D eigenvalue weighted by Gasteiger charge is -2.17. The lowest BCUT2D eigenvalue weighted by molar-refractivity contribution is 0.0795. The van der Waals surface area contributed by atoms with Crippen molar-refractivity contribution in [3.63, 3.8) is 0 Å². The SMILES string of the molecule is CCCN(C)C(=O)c1cc(S(N)(=O)=O)ccc1Cl. The van der Waals surface area contributed by atoms with E-state index in [0.29, 0.717) is 6.54 Å². The summed E-state index contributed by atoms with van der Waals surface area (Å²) in [6, 6.07) is 3.83. The van der Waals surface area contributed by atoms with Crippen LogP contribution >= 0.6 is 11.6 Å². The number of rotatable bonds is 4. The van der Waals surface area contributed by atoms with Crippen LogP contribution in [-0.4, -0.2) is 32.8 Å². The fourth-order valence-corrected chi connectivity index (χ4v) is 2.23. The fraction of sp³-hybridized carbons (Fsp3) is 0.364. The van der Waals surface area contributed by atoms with Crippen LogP contribution in [0.25, 0.3) is 0 Å². The molecule has 7 heteroatoms. The van der Waals surface area contributed by atoms with Crippen LogP contribution in [0.4, 0.5) is 0 Å². The van der Waals surface area contributed by atoms with Crippen molar-refractivity contribution in [3.05, 3.63) is 28.8 Å². The molecule has 0 spiro atoms. The monoisotopic (exact) mass is 290 g/mol. The van der Waals surface area contributed by atoms with Crippen LogP contribution in [0, 0.1) is 0 Å². The normalized spacial score (nSPS) is 11.3. The molecule has 0 heterocycles. The maximum absolute atomic E-state index is 12.0. The highest BCUT2D eigenvalue weighted by atomic mass is 35.5. The summed E-state index contributed by atoms with van der Waals surface area (Å²) in [7, 11) is -2.21. The first-order valence-corrected chi connectivity index (χ1v) is 7.27. The lowest BCUT2D eigenvalue weighted by Crippen LogP contribution is -2.28. The van der Waals surface area contributed by atoms with Crippen LogP contribution in [0.15, 0.2) is 23.1 Å².